The van der Waals surface area contributed by atoms with Gasteiger partial charge in [0.1, 0.15) is 11.5 Å². The molecule has 29 heavy (non-hydrogen) atoms. The Balaban J connectivity index is 0.00000120. The lowest BCUT2D eigenvalue weighted by atomic mass is 10.2. The second-order valence-electron chi connectivity index (χ2n) is 4.95. The minimum atomic E-state index is -0.260. The van der Waals surface area contributed by atoms with Gasteiger partial charge in [0.25, 0.3) is 5.91 Å². The standard InChI is InChI=1S/C18H15N3O2.3C2H6/c1-13-11-14(12-19-21-13)20-18(22)16-9-5-6-10-17(16)23-15-7-3-2-4-8-15;3*1-2/h2-12H,1H3,(H,20,21,22);3*1-2H3. The van der Waals surface area contributed by atoms with Crippen molar-refractivity contribution in [1.82, 2.24) is 10.2 Å². The summed E-state index contributed by atoms with van der Waals surface area (Å²) in [5.74, 6) is 0.910. The summed E-state index contributed by atoms with van der Waals surface area (Å²) in [5, 5.41) is 10.5. The fraction of sp³-hybridized carbons (Fsp3) is 0.292. The summed E-state index contributed by atoms with van der Waals surface area (Å²) >= 11 is 0. The van der Waals surface area contributed by atoms with Crippen molar-refractivity contribution in [3.05, 3.63) is 78.1 Å². The normalized spacial score (nSPS) is 8.66. The molecular formula is C24H33N3O2. The molecule has 0 saturated heterocycles. The summed E-state index contributed by atoms with van der Waals surface area (Å²) in [6.45, 7) is 13.8. The SMILES string of the molecule is CC.CC.CC.Cc1cc(NC(=O)c2ccccc2Oc2ccccc2)cnn1. The van der Waals surface area contributed by atoms with E-state index in [1.54, 1.807) is 24.3 Å². The number of benzene rings is 2. The zero-order chi connectivity index (χ0) is 22.1. The summed E-state index contributed by atoms with van der Waals surface area (Å²) in [6.07, 6.45) is 1.51. The molecule has 0 bridgehead atoms. The van der Waals surface area contributed by atoms with Crippen molar-refractivity contribution in [3.63, 3.8) is 0 Å². The molecule has 3 rings (SSSR count). The van der Waals surface area contributed by atoms with Gasteiger partial charge in [-0.3, -0.25) is 4.79 Å². The van der Waals surface area contributed by atoms with Gasteiger partial charge in [0, 0.05) is 0 Å². The molecule has 0 saturated carbocycles. The van der Waals surface area contributed by atoms with Crippen molar-refractivity contribution < 1.29 is 9.53 Å². The maximum absolute atomic E-state index is 12.5. The lowest BCUT2D eigenvalue weighted by Crippen LogP contribution is -2.13. The molecule has 0 aliphatic heterocycles. The second kappa shape index (κ2) is 15.8. The van der Waals surface area contributed by atoms with E-state index in [-0.39, 0.29) is 5.91 Å². The molecule has 0 aliphatic carbocycles. The summed E-state index contributed by atoms with van der Waals surface area (Å²) in [5.41, 5.74) is 1.78. The highest BCUT2D eigenvalue weighted by atomic mass is 16.5. The molecule has 0 fully saturated rings. The van der Waals surface area contributed by atoms with Crippen LogP contribution in [-0.2, 0) is 0 Å². The van der Waals surface area contributed by atoms with Crippen LogP contribution in [0.4, 0.5) is 5.69 Å². The van der Waals surface area contributed by atoms with E-state index in [1.165, 1.54) is 6.20 Å². The average molecular weight is 396 g/mol. The Kier molecular flexibility index (Phi) is 14.1. The molecule has 0 unspecified atom stereocenters. The third kappa shape index (κ3) is 9.02. The summed E-state index contributed by atoms with van der Waals surface area (Å²) in [7, 11) is 0. The predicted octanol–water partition coefficient (Wildman–Crippen LogP) is 6.91. The van der Waals surface area contributed by atoms with Crippen molar-refractivity contribution in [2.45, 2.75) is 48.5 Å². The van der Waals surface area contributed by atoms with E-state index in [0.29, 0.717) is 22.7 Å². The Labute approximate surface area is 175 Å². The number of aryl methyl sites for hydroxylation is 1. The van der Waals surface area contributed by atoms with Gasteiger partial charge in [-0.15, -0.1) is 0 Å². The number of carbonyl (C=O) groups excluding carboxylic acids is 1. The van der Waals surface area contributed by atoms with Gasteiger partial charge in [-0.25, -0.2) is 0 Å². The van der Waals surface area contributed by atoms with Crippen LogP contribution in [0.2, 0.25) is 0 Å². The van der Waals surface area contributed by atoms with E-state index in [4.69, 9.17) is 4.74 Å². The number of rotatable bonds is 4. The summed E-state index contributed by atoms with van der Waals surface area (Å²) < 4.78 is 5.80. The van der Waals surface area contributed by atoms with E-state index in [2.05, 4.69) is 15.5 Å². The number of anilines is 1. The first-order valence-electron chi connectivity index (χ1n) is 10.1. The number of nitrogens with zero attached hydrogens (tertiary/aromatic N) is 2. The molecule has 0 atom stereocenters. The van der Waals surface area contributed by atoms with Crippen LogP contribution < -0.4 is 10.1 Å². The molecule has 5 heteroatoms. The molecule has 3 aromatic rings. The number of hydrogen-bond acceptors (Lipinski definition) is 4. The van der Waals surface area contributed by atoms with Crippen LogP contribution in [0.15, 0.2) is 66.9 Å². The van der Waals surface area contributed by atoms with Crippen molar-refractivity contribution in [2.24, 2.45) is 0 Å². The van der Waals surface area contributed by atoms with Gasteiger partial charge in [-0.2, -0.15) is 10.2 Å². The predicted molar refractivity (Wildman–Crippen MR) is 122 cm³/mol. The molecule has 1 amide bonds. The molecule has 1 N–H and O–H groups in total. The zero-order valence-corrected chi connectivity index (χ0v) is 18.6. The van der Waals surface area contributed by atoms with Gasteiger partial charge >= 0.3 is 0 Å². The molecule has 0 spiro atoms. The maximum atomic E-state index is 12.5. The van der Waals surface area contributed by atoms with Gasteiger partial charge < -0.3 is 10.1 Å². The number of aromatic nitrogens is 2. The van der Waals surface area contributed by atoms with Gasteiger partial charge in [0.05, 0.1) is 23.1 Å². The first kappa shape index (κ1) is 25.8. The van der Waals surface area contributed by atoms with Crippen molar-refractivity contribution in [3.8, 4) is 11.5 Å². The number of hydrogen-bond donors (Lipinski definition) is 1. The molecule has 2 aromatic carbocycles. The second-order valence-corrected chi connectivity index (χ2v) is 4.95. The van der Waals surface area contributed by atoms with Gasteiger partial charge in [0.2, 0.25) is 0 Å². The summed E-state index contributed by atoms with van der Waals surface area (Å²) in [6, 6.07) is 18.2. The third-order valence-corrected chi connectivity index (χ3v) is 3.14. The molecule has 1 aromatic heterocycles. The van der Waals surface area contributed by atoms with Crippen LogP contribution in [-0.4, -0.2) is 16.1 Å². The van der Waals surface area contributed by atoms with Gasteiger partial charge in [-0.05, 0) is 37.3 Å². The smallest absolute Gasteiger partial charge is 0.259 e. The Morgan fingerprint density at radius 2 is 1.45 bits per heavy atom. The van der Waals surface area contributed by atoms with Crippen LogP contribution in [0, 0.1) is 6.92 Å². The lowest BCUT2D eigenvalue weighted by molar-refractivity contribution is 0.102. The van der Waals surface area contributed by atoms with Gasteiger partial charge in [0.15, 0.2) is 0 Å². The first-order valence-corrected chi connectivity index (χ1v) is 10.1. The fourth-order valence-corrected chi connectivity index (χ4v) is 2.10. The Bertz CT molecular complexity index is 821. The van der Waals surface area contributed by atoms with Crippen LogP contribution >= 0.6 is 0 Å². The fourth-order valence-electron chi connectivity index (χ4n) is 2.10. The van der Waals surface area contributed by atoms with E-state index in [0.717, 1.165) is 5.69 Å². The van der Waals surface area contributed by atoms with Crippen LogP contribution in [0.3, 0.4) is 0 Å². The lowest BCUT2D eigenvalue weighted by Gasteiger charge is -2.11. The maximum Gasteiger partial charge on any atom is 0.259 e. The van der Waals surface area contributed by atoms with E-state index < -0.39 is 0 Å². The van der Waals surface area contributed by atoms with Crippen LogP contribution in [0.5, 0.6) is 11.5 Å². The van der Waals surface area contributed by atoms with E-state index >= 15 is 0 Å². The summed E-state index contributed by atoms with van der Waals surface area (Å²) in [4.78, 5) is 12.5. The Hall–Kier alpha value is -3.21. The van der Waals surface area contributed by atoms with Crippen molar-refractivity contribution in [1.29, 1.82) is 0 Å². The Morgan fingerprint density at radius 1 is 0.862 bits per heavy atom. The number of ether oxygens (including phenoxy) is 1. The number of nitrogens with one attached hydrogen (secondary N) is 1. The molecule has 156 valence electrons. The van der Waals surface area contributed by atoms with Crippen molar-refractivity contribution >= 4 is 11.6 Å². The highest BCUT2D eigenvalue weighted by Crippen LogP contribution is 2.25. The molecule has 1 heterocycles. The number of carbonyl (C=O) groups is 1. The quantitative estimate of drug-likeness (QED) is 0.521. The minimum Gasteiger partial charge on any atom is -0.457 e. The van der Waals surface area contributed by atoms with Crippen LogP contribution in [0.1, 0.15) is 57.6 Å². The van der Waals surface area contributed by atoms with Crippen LogP contribution in [0.25, 0.3) is 0 Å². The monoisotopic (exact) mass is 395 g/mol. The molecular weight excluding hydrogens is 362 g/mol. The first-order chi connectivity index (χ1) is 14.2. The molecule has 0 aliphatic rings. The van der Waals surface area contributed by atoms with Crippen molar-refractivity contribution in [2.75, 3.05) is 5.32 Å². The Morgan fingerprint density at radius 3 is 2.07 bits per heavy atom. The molecule has 5 nitrogen and oxygen atoms in total. The largest absolute Gasteiger partial charge is 0.457 e. The highest BCUT2D eigenvalue weighted by molar-refractivity contribution is 6.06. The third-order valence-electron chi connectivity index (χ3n) is 3.14. The number of para-hydroxylation sites is 2. The molecule has 0 radical (unpaired) electrons. The highest BCUT2D eigenvalue weighted by Gasteiger charge is 2.13. The topological polar surface area (TPSA) is 64.1 Å². The zero-order valence-electron chi connectivity index (χ0n) is 18.6. The number of amides is 1. The van der Waals surface area contributed by atoms with E-state index in [9.17, 15) is 4.79 Å². The minimum absolute atomic E-state index is 0.260. The average Bonchev–Trinajstić information content (AvgIpc) is 2.79. The van der Waals surface area contributed by atoms with Gasteiger partial charge in [-0.1, -0.05) is 71.9 Å². The van der Waals surface area contributed by atoms with E-state index in [1.807, 2.05) is 84.9 Å².